The summed E-state index contributed by atoms with van der Waals surface area (Å²) in [6.07, 6.45) is 0. The van der Waals surface area contributed by atoms with E-state index in [9.17, 15) is 4.79 Å². The molecule has 7 nitrogen and oxygen atoms in total. The molecular weight excluding hydrogens is 414 g/mol. The minimum atomic E-state index is 0.00555. The number of halogens is 1. The number of benzene rings is 2. The maximum atomic E-state index is 12.5. The number of fused-ring (bicyclic) bond motifs is 1. The number of aromatic nitrogens is 1. The predicted octanol–water partition coefficient (Wildman–Crippen LogP) is 3.27. The smallest absolute Gasteiger partial charge is 0.238 e. The van der Waals surface area contributed by atoms with Gasteiger partial charge in [-0.1, -0.05) is 11.6 Å². The highest BCUT2D eigenvalue weighted by molar-refractivity contribution is 6.31. The molecule has 4 rings (SSSR count). The molecule has 0 aliphatic carbocycles. The second kappa shape index (κ2) is 9.78. The highest BCUT2D eigenvalue weighted by atomic mass is 35.5. The molecule has 8 heteroatoms. The maximum Gasteiger partial charge on any atom is 0.238 e. The van der Waals surface area contributed by atoms with E-state index in [0.29, 0.717) is 23.0 Å². The van der Waals surface area contributed by atoms with Crippen LogP contribution in [-0.2, 0) is 4.79 Å². The van der Waals surface area contributed by atoms with Gasteiger partial charge in [-0.2, -0.15) is 0 Å². The molecule has 2 heterocycles. The quantitative estimate of drug-likeness (QED) is 0.607. The fraction of sp³-hybridized carbons (Fsp3) is 0.391. The standard InChI is InChI=1S/C23H28ClN5O2/c1-27(2)9-10-28-11-13-29(14-12-28)16-22(30)25-19-6-3-17(4-7-19)23-26-20-15-18(24)5-8-21(20)31-23/h3-8,15H,9-14,16H2,1-2H3,(H,25,30). The Bertz CT molecular complexity index is 1030. The summed E-state index contributed by atoms with van der Waals surface area (Å²) in [5.41, 5.74) is 3.02. The van der Waals surface area contributed by atoms with Crippen LogP contribution in [0.1, 0.15) is 0 Å². The van der Waals surface area contributed by atoms with Crippen molar-refractivity contribution in [3.8, 4) is 11.5 Å². The first-order valence-corrected chi connectivity index (χ1v) is 10.9. The molecule has 0 unspecified atom stereocenters. The molecular formula is C23H28ClN5O2. The zero-order chi connectivity index (χ0) is 21.8. The van der Waals surface area contributed by atoms with Gasteiger partial charge in [0.15, 0.2) is 5.58 Å². The van der Waals surface area contributed by atoms with Gasteiger partial charge in [-0.15, -0.1) is 0 Å². The van der Waals surface area contributed by atoms with Gasteiger partial charge in [0.1, 0.15) is 5.52 Å². The lowest BCUT2D eigenvalue weighted by Crippen LogP contribution is -2.49. The van der Waals surface area contributed by atoms with Crippen LogP contribution in [0.3, 0.4) is 0 Å². The van der Waals surface area contributed by atoms with Crippen molar-refractivity contribution in [3.05, 3.63) is 47.5 Å². The summed E-state index contributed by atoms with van der Waals surface area (Å²) in [6.45, 7) is 6.40. The SMILES string of the molecule is CN(C)CCN1CCN(CC(=O)Nc2ccc(-c3nc4cc(Cl)ccc4o3)cc2)CC1. The number of rotatable bonds is 7. The van der Waals surface area contributed by atoms with E-state index in [4.69, 9.17) is 16.0 Å². The fourth-order valence-corrected chi connectivity index (χ4v) is 3.80. The van der Waals surface area contributed by atoms with Gasteiger partial charge in [-0.3, -0.25) is 14.6 Å². The number of likely N-dealkylation sites (N-methyl/N-ethyl adjacent to an activating group) is 1. The van der Waals surface area contributed by atoms with Gasteiger partial charge in [0.25, 0.3) is 0 Å². The van der Waals surface area contributed by atoms with Crippen LogP contribution in [0.4, 0.5) is 5.69 Å². The number of hydrogen-bond acceptors (Lipinski definition) is 6. The number of nitrogens with zero attached hydrogens (tertiary/aromatic N) is 4. The highest BCUT2D eigenvalue weighted by Crippen LogP contribution is 2.27. The van der Waals surface area contributed by atoms with Crippen molar-refractivity contribution in [2.45, 2.75) is 0 Å². The maximum absolute atomic E-state index is 12.5. The van der Waals surface area contributed by atoms with E-state index in [-0.39, 0.29) is 5.91 Å². The Balaban J connectivity index is 1.28. The molecule has 31 heavy (non-hydrogen) atoms. The predicted molar refractivity (Wildman–Crippen MR) is 125 cm³/mol. The average molecular weight is 442 g/mol. The molecule has 1 aliphatic heterocycles. The molecule has 164 valence electrons. The van der Waals surface area contributed by atoms with E-state index in [1.54, 1.807) is 12.1 Å². The van der Waals surface area contributed by atoms with Gasteiger partial charge in [-0.05, 0) is 56.6 Å². The van der Waals surface area contributed by atoms with Gasteiger partial charge >= 0.3 is 0 Å². The van der Waals surface area contributed by atoms with E-state index >= 15 is 0 Å². The van der Waals surface area contributed by atoms with Crippen LogP contribution in [0.2, 0.25) is 5.02 Å². The van der Waals surface area contributed by atoms with Crippen molar-refractivity contribution in [2.24, 2.45) is 0 Å². The van der Waals surface area contributed by atoms with Crippen LogP contribution in [0.25, 0.3) is 22.6 Å². The van der Waals surface area contributed by atoms with Crippen LogP contribution >= 0.6 is 11.6 Å². The third kappa shape index (κ3) is 5.83. The van der Waals surface area contributed by atoms with Gasteiger partial charge in [0.05, 0.1) is 6.54 Å². The summed E-state index contributed by atoms with van der Waals surface area (Å²) >= 11 is 6.02. The summed E-state index contributed by atoms with van der Waals surface area (Å²) in [6, 6.07) is 12.9. The molecule has 0 spiro atoms. The zero-order valence-corrected chi connectivity index (χ0v) is 18.7. The number of hydrogen-bond donors (Lipinski definition) is 1. The molecule has 0 atom stereocenters. The first kappa shape index (κ1) is 21.8. The first-order chi connectivity index (χ1) is 15.0. The van der Waals surface area contributed by atoms with Gasteiger partial charge in [0, 0.05) is 55.5 Å². The lowest BCUT2D eigenvalue weighted by atomic mass is 10.2. The minimum Gasteiger partial charge on any atom is -0.436 e. The Labute approximate surface area is 187 Å². The Morgan fingerprint density at radius 1 is 1.10 bits per heavy atom. The third-order valence-corrected chi connectivity index (χ3v) is 5.70. The van der Waals surface area contributed by atoms with E-state index in [2.05, 4.69) is 39.1 Å². The van der Waals surface area contributed by atoms with E-state index in [0.717, 1.165) is 56.0 Å². The van der Waals surface area contributed by atoms with Crippen molar-refractivity contribution in [1.29, 1.82) is 0 Å². The molecule has 3 aromatic rings. The average Bonchev–Trinajstić information content (AvgIpc) is 3.17. The zero-order valence-electron chi connectivity index (χ0n) is 18.0. The number of carbonyl (C=O) groups excluding carboxylic acids is 1. The monoisotopic (exact) mass is 441 g/mol. The van der Waals surface area contributed by atoms with Crippen LogP contribution in [0.5, 0.6) is 0 Å². The number of anilines is 1. The number of piperazine rings is 1. The van der Waals surface area contributed by atoms with Crippen LogP contribution < -0.4 is 5.32 Å². The summed E-state index contributed by atoms with van der Waals surface area (Å²) in [4.78, 5) is 23.8. The molecule has 1 aliphatic rings. The van der Waals surface area contributed by atoms with Crippen molar-refractivity contribution in [1.82, 2.24) is 19.7 Å². The Kier molecular flexibility index (Phi) is 6.87. The molecule has 0 bridgehead atoms. The molecule has 1 amide bonds. The highest BCUT2D eigenvalue weighted by Gasteiger charge is 2.19. The summed E-state index contributed by atoms with van der Waals surface area (Å²) < 4.78 is 5.80. The molecule has 1 fully saturated rings. The van der Waals surface area contributed by atoms with Crippen molar-refractivity contribution >= 4 is 34.3 Å². The molecule has 1 aromatic heterocycles. The Hall–Kier alpha value is -2.45. The van der Waals surface area contributed by atoms with Crippen molar-refractivity contribution < 1.29 is 9.21 Å². The summed E-state index contributed by atoms with van der Waals surface area (Å²) in [7, 11) is 4.19. The summed E-state index contributed by atoms with van der Waals surface area (Å²) in [5, 5.41) is 3.61. The van der Waals surface area contributed by atoms with Crippen molar-refractivity contribution in [3.63, 3.8) is 0 Å². The largest absolute Gasteiger partial charge is 0.436 e. The van der Waals surface area contributed by atoms with E-state index in [1.165, 1.54) is 0 Å². The van der Waals surface area contributed by atoms with Crippen LogP contribution in [-0.4, -0.2) is 85.5 Å². The third-order valence-electron chi connectivity index (χ3n) is 5.46. The molecule has 1 N–H and O–H groups in total. The topological polar surface area (TPSA) is 64.8 Å². The minimum absolute atomic E-state index is 0.00555. The van der Waals surface area contributed by atoms with E-state index < -0.39 is 0 Å². The van der Waals surface area contributed by atoms with E-state index in [1.807, 2.05) is 30.3 Å². The number of carbonyl (C=O) groups is 1. The molecule has 0 radical (unpaired) electrons. The lowest BCUT2D eigenvalue weighted by Gasteiger charge is -2.34. The molecule has 0 saturated carbocycles. The van der Waals surface area contributed by atoms with Gasteiger partial charge in [-0.25, -0.2) is 4.98 Å². The number of nitrogens with one attached hydrogen (secondary N) is 1. The van der Waals surface area contributed by atoms with Crippen LogP contribution in [0, 0.1) is 0 Å². The second-order valence-electron chi connectivity index (χ2n) is 8.18. The second-order valence-corrected chi connectivity index (χ2v) is 8.61. The molecule has 1 saturated heterocycles. The van der Waals surface area contributed by atoms with Crippen molar-refractivity contribution in [2.75, 3.05) is 65.2 Å². The Morgan fingerprint density at radius 3 is 2.52 bits per heavy atom. The normalized spacial score (nSPS) is 15.6. The lowest BCUT2D eigenvalue weighted by molar-refractivity contribution is -0.117. The van der Waals surface area contributed by atoms with Crippen LogP contribution in [0.15, 0.2) is 46.9 Å². The van der Waals surface area contributed by atoms with Gasteiger partial charge in [0.2, 0.25) is 11.8 Å². The number of oxazole rings is 1. The molecule has 2 aromatic carbocycles. The van der Waals surface area contributed by atoms with Gasteiger partial charge < -0.3 is 14.6 Å². The summed E-state index contributed by atoms with van der Waals surface area (Å²) in [5.74, 6) is 0.535. The first-order valence-electron chi connectivity index (χ1n) is 10.5. The Morgan fingerprint density at radius 2 is 1.81 bits per heavy atom. The fourth-order valence-electron chi connectivity index (χ4n) is 3.64. The number of amides is 1.